The minimum absolute atomic E-state index is 0.174. The summed E-state index contributed by atoms with van der Waals surface area (Å²) in [6.45, 7) is 4.27. The molecule has 27 heavy (non-hydrogen) atoms. The van der Waals surface area contributed by atoms with E-state index in [1.165, 1.54) is 22.9 Å². The zero-order chi connectivity index (χ0) is 18.4. The molecular weight excluding hydrogens is 360 g/mol. The van der Waals surface area contributed by atoms with Crippen LogP contribution in [0.5, 0.6) is 0 Å². The number of carbonyl (C=O) groups is 1. The highest BCUT2D eigenvalue weighted by molar-refractivity contribution is 8.18. The van der Waals surface area contributed by atoms with Gasteiger partial charge in [0.05, 0.1) is 23.4 Å². The Morgan fingerprint density at radius 2 is 2.00 bits per heavy atom. The lowest BCUT2D eigenvalue weighted by molar-refractivity contribution is -0.113. The SMILES string of the molecule is C/C(=C1/SC(N2CCC3(CC2)OCc2ccccc23)=NC1=O)c1ccco1. The Morgan fingerprint density at radius 1 is 1.19 bits per heavy atom. The third kappa shape index (κ3) is 2.75. The quantitative estimate of drug-likeness (QED) is 0.695. The van der Waals surface area contributed by atoms with Crippen LogP contribution in [0, 0.1) is 0 Å². The van der Waals surface area contributed by atoms with Crippen LogP contribution in [0.2, 0.25) is 0 Å². The van der Waals surface area contributed by atoms with Crippen LogP contribution in [0.1, 0.15) is 36.7 Å². The molecule has 1 fully saturated rings. The first-order valence-corrected chi connectivity index (χ1v) is 10.0. The van der Waals surface area contributed by atoms with Crippen LogP contribution in [-0.2, 0) is 21.7 Å². The molecule has 6 heteroatoms. The third-order valence-electron chi connectivity index (χ3n) is 5.67. The minimum atomic E-state index is -0.177. The predicted molar refractivity (Wildman–Crippen MR) is 105 cm³/mol. The zero-order valence-corrected chi connectivity index (χ0v) is 15.9. The van der Waals surface area contributed by atoms with Crippen molar-refractivity contribution < 1.29 is 13.9 Å². The normalized spacial score (nSPS) is 22.9. The monoisotopic (exact) mass is 380 g/mol. The van der Waals surface area contributed by atoms with E-state index in [0.717, 1.165) is 42.4 Å². The van der Waals surface area contributed by atoms with E-state index in [4.69, 9.17) is 9.15 Å². The molecule has 0 aliphatic carbocycles. The smallest absolute Gasteiger partial charge is 0.286 e. The molecule has 1 saturated heterocycles. The maximum Gasteiger partial charge on any atom is 0.286 e. The number of hydrogen-bond acceptors (Lipinski definition) is 5. The van der Waals surface area contributed by atoms with Crippen LogP contribution < -0.4 is 0 Å². The van der Waals surface area contributed by atoms with Crippen molar-refractivity contribution in [3.05, 3.63) is 64.5 Å². The van der Waals surface area contributed by atoms with Crippen LogP contribution in [0.4, 0.5) is 0 Å². The lowest BCUT2D eigenvalue weighted by Crippen LogP contribution is -2.44. The molecule has 5 nitrogen and oxygen atoms in total. The number of thioether (sulfide) groups is 1. The number of allylic oxidation sites excluding steroid dienone is 1. The second kappa shape index (κ2) is 6.39. The predicted octanol–water partition coefficient (Wildman–Crippen LogP) is 4.16. The maximum atomic E-state index is 12.4. The average Bonchev–Trinajstić information content (AvgIpc) is 3.43. The van der Waals surface area contributed by atoms with Crippen molar-refractivity contribution in [3.8, 4) is 0 Å². The summed E-state index contributed by atoms with van der Waals surface area (Å²) >= 11 is 1.45. The van der Waals surface area contributed by atoms with Gasteiger partial charge in [0.2, 0.25) is 0 Å². The Hall–Kier alpha value is -2.31. The number of carbonyl (C=O) groups excluding carboxylic acids is 1. The average molecular weight is 380 g/mol. The zero-order valence-electron chi connectivity index (χ0n) is 15.1. The van der Waals surface area contributed by atoms with Crippen LogP contribution >= 0.6 is 11.8 Å². The molecule has 5 rings (SSSR count). The molecule has 138 valence electrons. The summed E-state index contributed by atoms with van der Waals surface area (Å²) in [5.41, 5.74) is 3.29. The molecule has 1 spiro atoms. The van der Waals surface area contributed by atoms with Crippen LogP contribution in [0.25, 0.3) is 5.57 Å². The molecule has 0 bridgehead atoms. The van der Waals surface area contributed by atoms with E-state index in [1.54, 1.807) is 6.26 Å². The number of hydrogen-bond donors (Lipinski definition) is 0. The van der Waals surface area contributed by atoms with Gasteiger partial charge in [-0.05, 0) is 54.8 Å². The van der Waals surface area contributed by atoms with E-state index in [0.29, 0.717) is 11.5 Å². The molecule has 1 aromatic carbocycles. The number of aliphatic imine (C=N–C) groups is 1. The van der Waals surface area contributed by atoms with Crippen LogP contribution in [-0.4, -0.2) is 29.1 Å². The molecule has 3 aliphatic rings. The van der Waals surface area contributed by atoms with Crippen molar-refractivity contribution >= 4 is 28.4 Å². The minimum Gasteiger partial charge on any atom is -0.465 e. The highest BCUT2D eigenvalue weighted by atomic mass is 32.2. The molecule has 0 saturated carbocycles. The number of rotatable bonds is 1. The summed E-state index contributed by atoms with van der Waals surface area (Å²) in [7, 11) is 0. The van der Waals surface area contributed by atoms with Gasteiger partial charge in [0.1, 0.15) is 5.76 Å². The fourth-order valence-corrected chi connectivity index (χ4v) is 5.14. The Bertz CT molecular complexity index is 954. The molecule has 0 unspecified atom stereocenters. The number of furan rings is 1. The first-order valence-electron chi connectivity index (χ1n) is 9.19. The number of piperidine rings is 1. The van der Waals surface area contributed by atoms with Crippen molar-refractivity contribution in [2.75, 3.05) is 13.1 Å². The summed E-state index contributed by atoms with van der Waals surface area (Å²) in [5, 5.41) is 0.794. The Morgan fingerprint density at radius 3 is 2.78 bits per heavy atom. The van der Waals surface area contributed by atoms with Gasteiger partial charge in [-0.25, -0.2) is 0 Å². The lowest BCUT2D eigenvalue weighted by Gasteiger charge is -2.39. The van der Waals surface area contributed by atoms with Crippen molar-refractivity contribution in [3.63, 3.8) is 0 Å². The van der Waals surface area contributed by atoms with Crippen molar-refractivity contribution in [2.45, 2.75) is 32.0 Å². The van der Waals surface area contributed by atoms with E-state index in [1.807, 2.05) is 19.1 Å². The summed E-state index contributed by atoms with van der Waals surface area (Å²) in [5.74, 6) is 0.544. The lowest BCUT2D eigenvalue weighted by atomic mass is 9.84. The van der Waals surface area contributed by atoms with Gasteiger partial charge in [0.15, 0.2) is 5.17 Å². The van der Waals surface area contributed by atoms with Gasteiger partial charge in [0, 0.05) is 18.7 Å². The fraction of sp³-hybridized carbons (Fsp3) is 0.333. The number of amides is 1. The summed E-state index contributed by atoms with van der Waals surface area (Å²) in [6, 6.07) is 12.2. The Balaban J connectivity index is 1.32. The van der Waals surface area contributed by atoms with E-state index in [2.05, 4.69) is 34.2 Å². The number of likely N-dealkylation sites (tertiary alicyclic amines) is 1. The molecule has 2 aromatic rings. The van der Waals surface area contributed by atoms with Gasteiger partial charge in [-0.3, -0.25) is 4.79 Å². The van der Waals surface area contributed by atoms with E-state index < -0.39 is 0 Å². The number of nitrogens with zero attached hydrogens (tertiary/aromatic N) is 2. The maximum absolute atomic E-state index is 12.4. The molecule has 4 heterocycles. The van der Waals surface area contributed by atoms with E-state index in [-0.39, 0.29) is 11.5 Å². The number of ether oxygens (including phenoxy) is 1. The van der Waals surface area contributed by atoms with E-state index in [9.17, 15) is 4.79 Å². The van der Waals surface area contributed by atoms with Crippen molar-refractivity contribution in [1.82, 2.24) is 4.90 Å². The first kappa shape index (κ1) is 16.8. The van der Waals surface area contributed by atoms with Crippen molar-refractivity contribution in [1.29, 1.82) is 0 Å². The topological polar surface area (TPSA) is 55.0 Å². The Kier molecular flexibility index (Phi) is 3.98. The Labute approximate surface area is 162 Å². The first-order chi connectivity index (χ1) is 13.2. The highest BCUT2D eigenvalue weighted by Crippen LogP contribution is 2.45. The molecule has 1 aromatic heterocycles. The number of benzene rings is 1. The summed E-state index contributed by atoms with van der Waals surface area (Å²) in [4.78, 5) is 19.6. The molecular formula is C21H20N2O3S. The van der Waals surface area contributed by atoms with E-state index >= 15 is 0 Å². The highest BCUT2D eigenvalue weighted by Gasteiger charge is 2.43. The number of fused-ring (bicyclic) bond motifs is 2. The number of amidine groups is 1. The molecule has 3 aliphatic heterocycles. The molecule has 0 atom stereocenters. The summed E-state index contributed by atoms with van der Waals surface area (Å²) in [6.07, 6.45) is 3.44. The van der Waals surface area contributed by atoms with Gasteiger partial charge in [0.25, 0.3) is 5.91 Å². The second-order valence-electron chi connectivity index (χ2n) is 7.16. The van der Waals surface area contributed by atoms with Gasteiger partial charge < -0.3 is 14.1 Å². The third-order valence-corrected chi connectivity index (χ3v) is 6.89. The van der Waals surface area contributed by atoms with Crippen LogP contribution in [0.3, 0.4) is 0 Å². The van der Waals surface area contributed by atoms with Crippen molar-refractivity contribution in [2.24, 2.45) is 4.99 Å². The van der Waals surface area contributed by atoms with Gasteiger partial charge in [-0.1, -0.05) is 24.3 Å². The van der Waals surface area contributed by atoms with Crippen LogP contribution in [0.15, 0.2) is 57.0 Å². The van der Waals surface area contributed by atoms with Gasteiger partial charge >= 0.3 is 0 Å². The standard InChI is InChI=1S/C21H20N2O3S/c1-14(17-7-4-12-25-17)18-19(24)22-20(27-18)23-10-8-21(9-11-23)16-6-3-2-5-15(16)13-26-21/h2-7,12H,8-11,13H2,1H3/b18-14-. The largest absolute Gasteiger partial charge is 0.465 e. The second-order valence-corrected chi connectivity index (χ2v) is 8.14. The van der Waals surface area contributed by atoms with Gasteiger partial charge in [-0.2, -0.15) is 4.99 Å². The molecule has 1 amide bonds. The molecule has 0 radical (unpaired) electrons. The molecule has 0 N–H and O–H groups in total. The van der Waals surface area contributed by atoms with Gasteiger partial charge in [-0.15, -0.1) is 0 Å². The summed E-state index contributed by atoms with van der Waals surface area (Å²) < 4.78 is 11.7. The fourth-order valence-electron chi connectivity index (χ4n) is 4.13.